The lowest BCUT2D eigenvalue weighted by Gasteiger charge is -2.08. The van der Waals surface area contributed by atoms with Gasteiger partial charge in [0.2, 0.25) is 0 Å². The number of nitrogens with two attached hydrogens (primary N) is 1. The highest BCUT2D eigenvalue weighted by atomic mass is 16.5. The Morgan fingerprint density at radius 2 is 2.18 bits per heavy atom. The fraction of sp³-hybridized carbons (Fsp3) is 0.167. The van der Waals surface area contributed by atoms with Crippen molar-refractivity contribution in [1.29, 1.82) is 0 Å². The van der Waals surface area contributed by atoms with Gasteiger partial charge in [0.05, 0.1) is 0 Å². The van der Waals surface area contributed by atoms with Crippen LogP contribution < -0.4 is 16.0 Å². The molecule has 0 atom stereocenters. The maximum absolute atomic E-state index is 11.7. The summed E-state index contributed by atoms with van der Waals surface area (Å²) >= 11 is 0. The Bertz CT molecular complexity index is 605. The van der Waals surface area contributed by atoms with Gasteiger partial charge in [-0.2, -0.15) is 0 Å². The second kappa shape index (κ2) is 4.29. The van der Waals surface area contributed by atoms with Crippen LogP contribution in [0.3, 0.4) is 0 Å². The lowest BCUT2D eigenvalue weighted by Crippen LogP contribution is -2.18. The third-order valence-corrected chi connectivity index (χ3v) is 2.40. The van der Waals surface area contributed by atoms with Crippen LogP contribution in [0, 0.1) is 6.92 Å². The van der Waals surface area contributed by atoms with Gasteiger partial charge in [0.15, 0.2) is 0 Å². The number of nitrogen functional groups attached to an aromatic ring is 1. The number of hydrogen-bond donors (Lipinski definition) is 1. The molecule has 1 aromatic heterocycles. The third-order valence-electron chi connectivity index (χ3n) is 2.40. The minimum atomic E-state index is -0.283. The van der Waals surface area contributed by atoms with Crippen LogP contribution >= 0.6 is 0 Å². The van der Waals surface area contributed by atoms with Crippen molar-refractivity contribution >= 4 is 5.69 Å². The van der Waals surface area contributed by atoms with Crippen molar-refractivity contribution < 1.29 is 4.74 Å². The number of nitrogens with zero attached hydrogens (tertiary/aromatic N) is 2. The summed E-state index contributed by atoms with van der Waals surface area (Å²) in [7, 11) is 1.64. The molecule has 0 saturated carbocycles. The summed E-state index contributed by atoms with van der Waals surface area (Å²) in [5.74, 6) is 0.588. The summed E-state index contributed by atoms with van der Waals surface area (Å²) in [6.45, 7) is 1.88. The van der Waals surface area contributed by atoms with Gasteiger partial charge in [0.1, 0.15) is 5.75 Å². The summed E-state index contributed by atoms with van der Waals surface area (Å²) < 4.78 is 6.88. The quantitative estimate of drug-likeness (QED) is 0.794. The summed E-state index contributed by atoms with van der Waals surface area (Å²) in [5, 5.41) is 0. The molecule has 17 heavy (non-hydrogen) atoms. The van der Waals surface area contributed by atoms with E-state index in [0.717, 1.165) is 5.56 Å². The standard InChI is InChI=1S/C12H13N3O2/c1-8-3-4-9(13)7-10(8)17-11-12(16)15(2)6-5-14-11/h3-7H,13H2,1-2H3. The van der Waals surface area contributed by atoms with Gasteiger partial charge in [-0.15, -0.1) is 0 Å². The Labute approximate surface area is 98.5 Å². The molecule has 2 aromatic rings. The monoisotopic (exact) mass is 231 g/mol. The molecular weight excluding hydrogens is 218 g/mol. The fourth-order valence-electron chi connectivity index (χ4n) is 1.38. The van der Waals surface area contributed by atoms with Crippen LogP contribution in [-0.2, 0) is 7.05 Å². The second-order valence-electron chi connectivity index (χ2n) is 3.78. The Morgan fingerprint density at radius 1 is 1.41 bits per heavy atom. The Kier molecular flexibility index (Phi) is 2.82. The second-order valence-corrected chi connectivity index (χ2v) is 3.78. The molecule has 0 aliphatic heterocycles. The molecule has 0 unspecified atom stereocenters. The van der Waals surface area contributed by atoms with Gasteiger partial charge in [-0.3, -0.25) is 4.79 Å². The van der Waals surface area contributed by atoms with Gasteiger partial charge >= 0.3 is 5.56 Å². The number of aromatic nitrogens is 2. The Morgan fingerprint density at radius 3 is 2.94 bits per heavy atom. The van der Waals surface area contributed by atoms with E-state index in [1.54, 1.807) is 25.4 Å². The largest absolute Gasteiger partial charge is 0.434 e. The molecule has 88 valence electrons. The van der Waals surface area contributed by atoms with E-state index in [0.29, 0.717) is 11.4 Å². The summed E-state index contributed by atoms with van der Waals surface area (Å²) in [4.78, 5) is 15.6. The minimum absolute atomic E-state index is 0.0451. The highest BCUT2D eigenvalue weighted by Gasteiger charge is 2.07. The highest BCUT2D eigenvalue weighted by molar-refractivity contribution is 5.48. The first-order valence-electron chi connectivity index (χ1n) is 5.13. The van der Waals surface area contributed by atoms with Gasteiger partial charge in [0.25, 0.3) is 5.88 Å². The topological polar surface area (TPSA) is 70.1 Å². The Balaban J connectivity index is 2.41. The fourth-order valence-corrected chi connectivity index (χ4v) is 1.38. The molecule has 0 fully saturated rings. The molecule has 0 amide bonds. The van der Waals surface area contributed by atoms with Crippen molar-refractivity contribution in [3.8, 4) is 11.6 Å². The Hall–Kier alpha value is -2.30. The first-order valence-corrected chi connectivity index (χ1v) is 5.13. The summed E-state index contributed by atoms with van der Waals surface area (Å²) in [6.07, 6.45) is 3.08. The zero-order valence-corrected chi connectivity index (χ0v) is 9.68. The van der Waals surface area contributed by atoms with Crippen LogP contribution in [0.4, 0.5) is 5.69 Å². The lowest BCUT2D eigenvalue weighted by molar-refractivity contribution is 0.446. The van der Waals surface area contributed by atoms with Crippen molar-refractivity contribution in [3.63, 3.8) is 0 Å². The average Bonchev–Trinajstić information content (AvgIpc) is 2.30. The first kappa shape index (κ1) is 11.2. The first-order chi connectivity index (χ1) is 8.08. The van der Waals surface area contributed by atoms with Crippen molar-refractivity contribution in [2.45, 2.75) is 6.92 Å². The normalized spacial score (nSPS) is 10.2. The molecule has 0 spiro atoms. The molecule has 2 N–H and O–H groups in total. The number of anilines is 1. The predicted octanol–water partition coefficient (Wildman–Crippen LogP) is 1.46. The zero-order valence-electron chi connectivity index (χ0n) is 9.68. The van der Waals surface area contributed by atoms with E-state index in [2.05, 4.69) is 4.98 Å². The zero-order chi connectivity index (χ0) is 12.4. The third kappa shape index (κ3) is 2.28. The molecule has 0 radical (unpaired) electrons. The number of rotatable bonds is 2. The maximum Gasteiger partial charge on any atom is 0.313 e. The van der Waals surface area contributed by atoms with E-state index in [4.69, 9.17) is 10.5 Å². The van der Waals surface area contributed by atoms with E-state index in [1.165, 1.54) is 10.8 Å². The SMILES string of the molecule is Cc1ccc(N)cc1Oc1nccn(C)c1=O. The molecule has 0 saturated heterocycles. The van der Waals surface area contributed by atoms with Gasteiger partial charge in [-0.05, 0) is 18.6 Å². The summed E-state index contributed by atoms with van der Waals surface area (Å²) in [5.41, 5.74) is 6.86. The van der Waals surface area contributed by atoms with Crippen LogP contribution in [0.2, 0.25) is 0 Å². The van der Waals surface area contributed by atoms with Crippen LogP contribution in [0.1, 0.15) is 5.56 Å². The molecule has 2 rings (SSSR count). The number of benzene rings is 1. The van der Waals surface area contributed by atoms with Gasteiger partial charge < -0.3 is 15.0 Å². The van der Waals surface area contributed by atoms with Crippen molar-refractivity contribution in [1.82, 2.24) is 9.55 Å². The van der Waals surface area contributed by atoms with Crippen LogP contribution in [0.15, 0.2) is 35.4 Å². The molecule has 1 aromatic carbocycles. The molecule has 0 aliphatic carbocycles. The van der Waals surface area contributed by atoms with E-state index in [9.17, 15) is 4.79 Å². The van der Waals surface area contributed by atoms with Gasteiger partial charge in [0, 0.05) is 31.2 Å². The van der Waals surface area contributed by atoms with E-state index in [1.807, 2.05) is 13.0 Å². The van der Waals surface area contributed by atoms with Crippen LogP contribution in [-0.4, -0.2) is 9.55 Å². The summed E-state index contributed by atoms with van der Waals surface area (Å²) in [6, 6.07) is 5.28. The van der Waals surface area contributed by atoms with Gasteiger partial charge in [-0.1, -0.05) is 6.07 Å². The van der Waals surface area contributed by atoms with Crippen molar-refractivity contribution in [2.75, 3.05) is 5.73 Å². The average molecular weight is 231 g/mol. The number of aryl methyl sites for hydroxylation is 2. The maximum atomic E-state index is 11.7. The number of ether oxygens (including phenoxy) is 1. The lowest BCUT2D eigenvalue weighted by atomic mass is 10.2. The molecular formula is C12H13N3O2. The highest BCUT2D eigenvalue weighted by Crippen LogP contribution is 2.23. The van der Waals surface area contributed by atoms with Crippen LogP contribution in [0.25, 0.3) is 0 Å². The minimum Gasteiger partial charge on any atom is -0.434 e. The smallest absolute Gasteiger partial charge is 0.313 e. The predicted molar refractivity (Wildman–Crippen MR) is 65.1 cm³/mol. The molecule has 1 heterocycles. The van der Waals surface area contributed by atoms with E-state index in [-0.39, 0.29) is 11.4 Å². The van der Waals surface area contributed by atoms with Crippen LogP contribution in [0.5, 0.6) is 11.6 Å². The molecule has 5 heteroatoms. The number of hydrogen-bond acceptors (Lipinski definition) is 4. The van der Waals surface area contributed by atoms with E-state index < -0.39 is 0 Å². The van der Waals surface area contributed by atoms with E-state index >= 15 is 0 Å². The van der Waals surface area contributed by atoms with Crippen molar-refractivity contribution in [2.24, 2.45) is 7.05 Å². The van der Waals surface area contributed by atoms with Crippen molar-refractivity contribution in [3.05, 3.63) is 46.5 Å². The van der Waals surface area contributed by atoms with Gasteiger partial charge in [-0.25, -0.2) is 4.98 Å². The molecule has 0 aliphatic rings. The molecule has 0 bridgehead atoms. The molecule has 5 nitrogen and oxygen atoms in total.